The first kappa shape index (κ1) is 16.5. The fraction of sp³-hybridized carbons (Fsp3) is 0.533. The average molecular weight is 279 g/mol. The van der Waals surface area contributed by atoms with Gasteiger partial charge in [0.25, 0.3) is 0 Å². The van der Waals surface area contributed by atoms with E-state index in [1.807, 2.05) is 39.0 Å². The fourth-order valence-corrected chi connectivity index (χ4v) is 1.84. The van der Waals surface area contributed by atoms with E-state index in [2.05, 4.69) is 5.32 Å². The Labute approximate surface area is 120 Å². The molecule has 5 heteroatoms. The number of carbonyl (C=O) groups excluding carboxylic acids is 1. The lowest BCUT2D eigenvalue weighted by molar-refractivity contribution is 0.0528. The van der Waals surface area contributed by atoms with Crippen LogP contribution < -0.4 is 16.8 Å². The maximum absolute atomic E-state index is 11.5. The van der Waals surface area contributed by atoms with E-state index in [4.69, 9.17) is 16.2 Å². The molecule has 112 valence electrons. The van der Waals surface area contributed by atoms with Crippen molar-refractivity contribution in [1.82, 2.24) is 5.32 Å². The van der Waals surface area contributed by atoms with Gasteiger partial charge in [-0.3, -0.25) is 0 Å². The lowest BCUT2D eigenvalue weighted by Gasteiger charge is -2.19. The van der Waals surface area contributed by atoms with Crippen LogP contribution in [-0.4, -0.2) is 18.2 Å². The van der Waals surface area contributed by atoms with Crippen LogP contribution in [0.2, 0.25) is 0 Å². The van der Waals surface area contributed by atoms with Gasteiger partial charge in [0.05, 0.1) is 0 Å². The summed E-state index contributed by atoms with van der Waals surface area (Å²) in [6, 6.07) is 6.08. The highest BCUT2D eigenvalue weighted by atomic mass is 16.6. The van der Waals surface area contributed by atoms with Crippen LogP contribution in [0, 0.1) is 0 Å². The number of carbonyl (C=O) groups is 1. The highest BCUT2D eigenvalue weighted by Gasteiger charge is 2.15. The SMILES string of the molecule is CC(C)(C)OC(=O)NCCc1cc(CN)cc(CN)c1. The van der Waals surface area contributed by atoms with Crippen molar-refractivity contribution in [2.75, 3.05) is 6.54 Å². The van der Waals surface area contributed by atoms with E-state index in [9.17, 15) is 4.79 Å². The number of alkyl carbamates (subject to hydrolysis) is 1. The van der Waals surface area contributed by atoms with Crippen LogP contribution in [0.4, 0.5) is 4.79 Å². The number of benzene rings is 1. The van der Waals surface area contributed by atoms with Crippen LogP contribution in [0.3, 0.4) is 0 Å². The van der Waals surface area contributed by atoms with E-state index in [1.165, 1.54) is 0 Å². The van der Waals surface area contributed by atoms with Crippen LogP contribution in [0.1, 0.15) is 37.5 Å². The molecule has 0 saturated heterocycles. The Bertz CT molecular complexity index is 431. The Morgan fingerprint density at radius 2 is 1.60 bits per heavy atom. The Kier molecular flexibility index (Phi) is 5.98. The van der Waals surface area contributed by atoms with Crippen LogP contribution in [0.25, 0.3) is 0 Å². The molecule has 0 spiro atoms. The lowest BCUT2D eigenvalue weighted by Crippen LogP contribution is -2.33. The van der Waals surface area contributed by atoms with Crippen molar-refractivity contribution in [2.24, 2.45) is 11.5 Å². The topological polar surface area (TPSA) is 90.4 Å². The van der Waals surface area contributed by atoms with Gasteiger partial charge in [0.2, 0.25) is 0 Å². The van der Waals surface area contributed by atoms with E-state index < -0.39 is 11.7 Å². The molecule has 0 aliphatic carbocycles. The van der Waals surface area contributed by atoms with E-state index in [1.54, 1.807) is 0 Å². The number of ether oxygens (including phenoxy) is 1. The molecule has 0 atom stereocenters. The molecule has 5 N–H and O–H groups in total. The standard InChI is InChI=1S/C15H25N3O2/c1-15(2,3)20-14(19)18-5-4-11-6-12(9-16)8-13(7-11)10-17/h6-8H,4-5,9-10,16-17H2,1-3H3,(H,18,19). The van der Waals surface area contributed by atoms with Gasteiger partial charge in [-0.1, -0.05) is 18.2 Å². The molecule has 0 fully saturated rings. The number of nitrogens with one attached hydrogen (secondary N) is 1. The second-order valence-electron chi connectivity index (χ2n) is 5.74. The third-order valence-electron chi connectivity index (χ3n) is 2.67. The second kappa shape index (κ2) is 7.26. The molecule has 1 aromatic carbocycles. The predicted molar refractivity (Wildman–Crippen MR) is 80.2 cm³/mol. The van der Waals surface area contributed by atoms with Crippen LogP contribution in [-0.2, 0) is 24.2 Å². The van der Waals surface area contributed by atoms with Crippen molar-refractivity contribution in [3.8, 4) is 0 Å². The first-order valence-electron chi connectivity index (χ1n) is 6.83. The maximum atomic E-state index is 11.5. The van der Waals surface area contributed by atoms with Gasteiger partial charge >= 0.3 is 6.09 Å². The highest BCUT2D eigenvalue weighted by molar-refractivity contribution is 5.67. The van der Waals surface area contributed by atoms with Crippen molar-refractivity contribution in [3.05, 3.63) is 34.9 Å². The van der Waals surface area contributed by atoms with Crippen LogP contribution in [0.5, 0.6) is 0 Å². The summed E-state index contributed by atoms with van der Waals surface area (Å²) in [6.45, 7) is 7.01. The summed E-state index contributed by atoms with van der Waals surface area (Å²) in [7, 11) is 0. The number of nitrogens with two attached hydrogens (primary N) is 2. The Balaban J connectivity index is 2.51. The molecule has 1 rings (SSSR count). The van der Waals surface area contributed by atoms with Gasteiger partial charge in [-0.15, -0.1) is 0 Å². The molecule has 5 nitrogen and oxygen atoms in total. The average Bonchev–Trinajstić information content (AvgIpc) is 2.36. The summed E-state index contributed by atoms with van der Waals surface area (Å²) in [5, 5.41) is 2.74. The zero-order valence-corrected chi connectivity index (χ0v) is 12.5. The van der Waals surface area contributed by atoms with Gasteiger partial charge < -0.3 is 21.5 Å². The zero-order chi connectivity index (χ0) is 15.2. The van der Waals surface area contributed by atoms with E-state index in [-0.39, 0.29) is 0 Å². The molecule has 0 bridgehead atoms. The number of rotatable bonds is 5. The van der Waals surface area contributed by atoms with Gasteiger partial charge in [0.15, 0.2) is 0 Å². The molecule has 0 heterocycles. The molecule has 1 aromatic rings. The summed E-state index contributed by atoms with van der Waals surface area (Å²) in [6.07, 6.45) is 0.326. The molecule has 0 radical (unpaired) electrons. The minimum absolute atomic E-state index is 0.397. The van der Waals surface area contributed by atoms with Crippen molar-refractivity contribution in [1.29, 1.82) is 0 Å². The first-order chi connectivity index (χ1) is 9.34. The van der Waals surface area contributed by atoms with Crippen LogP contribution >= 0.6 is 0 Å². The summed E-state index contributed by atoms with van der Waals surface area (Å²) in [5.41, 5.74) is 14.1. The van der Waals surface area contributed by atoms with Gasteiger partial charge in [0, 0.05) is 19.6 Å². The number of amides is 1. The molecule has 0 unspecified atom stereocenters. The van der Waals surface area contributed by atoms with Gasteiger partial charge in [-0.25, -0.2) is 4.79 Å². The monoisotopic (exact) mass is 279 g/mol. The minimum Gasteiger partial charge on any atom is -0.444 e. The molecule has 0 aromatic heterocycles. The summed E-state index contributed by atoms with van der Waals surface area (Å²) < 4.78 is 5.18. The molecular weight excluding hydrogens is 254 g/mol. The van der Waals surface area contributed by atoms with Crippen molar-refractivity contribution >= 4 is 6.09 Å². The predicted octanol–water partition coefficient (Wildman–Crippen LogP) is 1.67. The van der Waals surface area contributed by atoms with Crippen molar-refractivity contribution < 1.29 is 9.53 Å². The largest absolute Gasteiger partial charge is 0.444 e. The molecule has 0 aliphatic heterocycles. The summed E-state index contributed by atoms with van der Waals surface area (Å²) in [5.74, 6) is 0. The quantitative estimate of drug-likeness (QED) is 0.764. The summed E-state index contributed by atoms with van der Waals surface area (Å²) >= 11 is 0. The van der Waals surface area contributed by atoms with E-state index >= 15 is 0 Å². The molecular formula is C15H25N3O2. The molecule has 20 heavy (non-hydrogen) atoms. The second-order valence-corrected chi connectivity index (χ2v) is 5.74. The van der Waals surface area contributed by atoms with Crippen molar-refractivity contribution in [2.45, 2.75) is 45.9 Å². The van der Waals surface area contributed by atoms with Crippen LogP contribution in [0.15, 0.2) is 18.2 Å². The molecule has 0 saturated carbocycles. The Morgan fingerprint density at radius 1 is 1.10 bits per heavy atom. The van der Waals surface area contributed by atoms with E-state index in [0.717, 1.165) is 23.1 Å². The number of hydrogen-bond acceptors (Lipinski definition) is 4. The lowest BCUT2D eigenvalue weighted by atomic mass is 10.0. The van der Waals surface area contributed by atoms with Crippen molar-refractivity contribution in [3.63, 3.8) is 0 Å². The minimum atomic E-state index is -0.476. The number of hydrogen-bond donors (Lipinski definition) is 3. The molecule has 0 aliphatic rings. The zero-order valence-electron chi connectivity index (χ0n) is 12.5. The Hall–Kier alpha value is -1.59. The van der Waals surface area contributed by atoms with E-state index in [0.29, 0.717) is 19.6 Å². The third-order valence-corrected chi connectivity index (χ3v) is 2.67. The molecule has 1 amide bonds. The van der Waals surface area contributed by atoms with Gasteiger partial charge in [-0.05, 0) is 43.9 Å². The smallest absolute Gasteiger partial charge is 0.407 e. The summed E-state index contributed by atoms with van der Waals surface area (Å²) in [4.78, 5) is 11.5. The van der Waals surface area contributed by atoms with Gasteiger partial charge in [0.1, 0.15) is 5.60 Å². The fourth-order valence-electron chi connectivity index (χ4n) is 1.84. The maximum Gasteiger partial charge on any atom is 0.407 e. The highest BCUT2D eigenvalue weighted by Crippen LogP contribution is 2.11. The normalized spacial score (nSPS) is 11.2. The van der Waals surface area contributed by atoms with Gasteiger partial charge in [-0.2, -0.15) is 0 Å². The third kappa shape index (κ3) is 6.04. The first-order valence-corrected chi connectivity index (χ1v) is 6.83. The Morgan fingerprint density at radius 3 is 2.05 bits per heavy atom.